The Kier molecular flexibility index (Phi) is 3.00. The molecule has 1 aromatic rings. The first-order valence-corrected chi connectivity index (χ1v) is 6.93. The van der Waals surface area contributed by atoms with E-state index in [-0.39, 0.29) is 5.78 Å². The van der Waals surface area contributed by atoms with E-state index in [1.165, 1.54) is 4.91 Å². The van der Waals surface area contributed by atoms with Crippen LogP contribution in [0.3, 0.4) is 0 Å². The van der Waals surface area contributed by atoms with Gasteiger partial charge in [0.25, 0.3) is 0 Å². The van der Waals surface area contributed by atoms with E-state index in [0.29, 0.717) is 0 Å². The van der Waals surface area contributed by atoms with E-state index in [1.54, 1.807) is 18.9 Å². The monoisotopic (exact) mass is 258 g/mol. The van der Waals surface area contributed by atoms with Crippen molar-refractivity contribution in [3.05, 3.63) is 51.3 Å². The Bertz CT molecular complexity index is 560. The summed E-state index contributed by atoms with van der Waals surface area (Å²) in [5.41, 5.74) is 2.95. The third-order valence-corrected chi connectivity index (χ3v) is 4.45. The predicted octanol–water partition coefficient (Wildman–Crippen LogP) is 3.73. The summed E-state index contributed by atoms with van der Waals surface area (Å²) in [6, 6.07) is 5.80. The third-order valence-electron chi connectivity index (χ3n) is 3.43. The number of allylic oxidation sites excluding steroid dienone is 3. The van der Waals surface area contributed by atoms with E-state index >= 15 is 0 Å². The first-order valence-electron chi connectivity index (χ1n) is 6.05. The van der Waals surface area contributed by atoms with Crippen LogP contribution < -0.4 is 4.74 Å². The van der Waals surface area contributed by atoms with E-state index < -0.39 is 0 Å². The molecule has 0 fully saturated rings. The first-order chi connectivity index (χ1) is 8.79. The molecule has 1 aromatic carbocycles. The van der Waals surface area contributed by atoms with Crippen LogP contribution in [0.25, 0.3) is 0 Å². The van der Waals surface area contributed by atoms with Gasteiger partial charge < -0.3 is 4.74 Å². The van der Waals surface area contributed by atoms with Gasteiger partial charge in [-0.05, 0) is 42.4 Å². The van der Waals surface area contributed by atoms with Gasteiger partial charge in [0, 0.05) is 16.0 Å². The van der Waals surface area contributed by atoms with Crippen LogP contribution in [0.15, 0.2) is 40.2 Å². The van der Waals surface area contributed by atoms with E-state index in [9.17, 15) is 4.79 Å². The molecule has 0 N–H and O–H groups in total. The van der Waals surface area contributed by atoms with Crippen molar-refractivity contribution in [2.45, 2.75) is 19.3 Å². The predicted molar refractivity (Wildman–Crippen MR) is 74.0 cm³/mol. The number of hydrogen-bond donors (Lipinski definition) is 0. The highest BCUT2D eigenvalue weighted by Crippen LogP contribution is 2.37. The van der Waals surface area contributed by atoms with Crippen molar-refractivity contribution in [3.63, 3.8) is 0 Å². The van der Waals surface area contributed by atoms with Crippen LogP contribution in [0.5, 0.6) is 5.75 Å². The standard InChI is InChI=1S/C15H14O2S/c1-17-11-6-4-10-5-7-12(14-3-2-8-18-14)15(16)13(10)9-11/h2,4,6,8-9H,3,5,7H2,1H3/b14-12-. The summed E-state index contributed by atoms with van der Waals surface area (Å²) >= 11 is 1.68. The van der Waals surface area contributed by atoms with Crippen LogP contribution in [-0.2, 0) is 6.42 Å². The Morgan fingerprint density at radius 3 is 2.89 bits per heavy atom. The van der Waals surface area contributed by atoms with Crippen LogP contribution in [0, 0.1) is 0 Å². The van der Waals surface area contributed by atoms with Crippen molar-refractivity contribution in [1.29, 1.82) is 0 Å². The van der Waals surface area contributed by atoms with Gasteiger partial charge in [-0.3, -0.25) is 4.79 Å². The number of ether oxygens (including phenoxy) is 1. The van der Waals surface area contributed by atoms with Crippen molar-refractivity contribution in [2.24, 2.45) is 0 Å². The number of thioether (sulfide) groups is 1. The summed E-state index contributed by atoms with van der Waals surface area (Å²) < 4.78 is 5.20. The Balaban J connectivity index is 2.03. The highest BCUT2D eigenvalue weighted by Gasteiger charge is 2.25. The van der Waals surface area contributed by atoms with E-state index in [4.69, 9.17) is 4.74 Å². The van der Waals surface area contributed by atoms with Crippen LogP contribution in [-0.4, -0.2) is 12.9 Å². The normalized spacial score (nSPS) is 22.2. The zero-order valence-corrected chi connectivity index (χ0v) is 11.0. The second-order valence-electron chi connectivity index (χ2n) is 4.45. The van der Waals surface area contributed by atoms with Gasteiger partial charge in [0.2, 0.25) is 0 Å². The number of benzene rings is 1. The smallest absolute Gasteiger partial charge is 0.190 e. The number of ketones is 1. The molecule has 2 aliphatic rings. The van der Waals surface area contributed by atoms with Gasteiger partial charge >= 0.3 is 0 Å². The molecule has 3 heteroatoms. The SMILES string of the molecule is COc1ccc2c(c1)C(=O)/C(=C1/CC=CS1)CC2. The van der Waals surface area contributed by atoms with Crippen molar-refractivity contribution < 1.29 is 9.53 Å². The summed E-state index contributed by atoms with van der Waals surface area (Å²) in [6.45, 7) is 0. The number of carbonyl (C=O) groups is 1. The lowest BCUT2D eigenvalue weighted by atomic mass is 9.86. The second kappa shape index (κ2) is 4.65. The molecule has 3 rings (SSSR count). The zero-order valence-electron chi connectivity index (χ0n) is 10.2. The van der Waals surface area contributed by atoms with Crippen molar-refractivity contribution >= 4 is 17.5 Å². The fraction of sp³-hybridized carbons (Fsp3) is 0.267. The van der Waals surface area contributed by atoms with Gasteiger partial charge in [0.05, 0.1) is 7.11 Å². The maximum atomic E-state index is 12.5. The Morgan fingerprint density at radius 2 is 2.17 bits per heavy atom. The molecule has 1 heterocycles. The lowest BCUT2D eigenvalue weighted by Crippen LogP contribution is -2.15. The molecule has 92 valence electrons. The number of aryl methyl sites for hydroxylation is 1. The fourth-order valence-electron chi connectivity index (χ4n) is 2.44. The van der Waals surface area contributed by atoms with Crippen molar-refractivity contribution in [3.8, 4) is 5.75 Å². The molecule has 0 aromatic heterocycles. The van der Waals surface area contributed by atoms with Gasteiger partial charge in [-0.1, -0.05) is 12.1 Å². The number of carbonyl (C=O) groups excluding carboxylic acids is 1. The summed E-state index contributed by atoms with van der Waals surface area (Å²) in [5, 5.41) is 2.07. The molecular weight excluding hydrogens is 244 g/mol. The largest absolute Gasteiger partial charge is 0.497 e. The lowest BCUT2D eigenvalue weighted by molar-refractivity contribution is 0.102. The molecule has 1 aliphatic carbocycles. The van der Waals surface area contributed by atoms with Gasteiger partial charge in [0.1, 0.15) is 5.75 Å². The van der Waals surface area contributed by atoms with Crippen molar-refractivity contribution in [2.75, 3.05) is 7.11 Å². The average Bonchev–Trinajstić information content (AvgIpc) is 2.93. The van der Waals surface area contributed by atoms with Gasteiger partial charge in [-0.25, -0.2) is 0 Å². The van der Waals surface area contributed by atoms with E-state index in [0.717, 1.165) is 41.7 Å². The first kappa shape index (κ1) is 11.6. The summed E-state index contributed by atoms with van der Waals surface area (Å²) in [4.78, 5) is 13.7. The lowest BCUT2D eigenvalue weighted by Gasteiger charge is -2.19. The maximum absolute atomic E-state index is 12.5. The summed E-state index contributed by atoms with van der Waals surface area (Å²) in [6.07, 6.45) is 4.83. The number of Topliss-reactive ketones (excluding diaryl/α,β-unsaturated/α-hetero) is 1. The van der Waals surface area contributed by atoms with Crippen LogP contribution in [0.4, 0.5) is 0 Å². The van der Waals surface area contributed by atoms with Gasteiger partial charge in [0.15, 0.2) is 5.78 Å². The minimum Gasteiger partial charge on any atom is -0.497 e. The van der Waals surface area contributed by atoms with E-state index in [1.807, 2.05) is 18.2 Å². The average molecular weight is 258 g/mol. The summed E-state index contributed by atoms with van der Waals surface area (Å²) in [7, 11) is 1.63. The molecule has 1 aliphatic heterocycles. The number of hydrogen-bond acceptors (Lipinski definition) is 3. The molecule has 0 amide bonds. The Labute approximate surface area is 111 Å². The number of fused-ring (bicyclic) bond motifs is 1. The molecule has 2 nitrogen and oxygen atoms in total. The molecule has 0 saturated heterocycles. The molecule has 0 spiro atoms. The molecule has 0 atom stereocenters. The van der Waals surface area contributed by atoms with Crippen LogP contribution in [0.1, 0.15) is 28.8 Å². The zero-order chi connectivity index (χ0) is 12.5. The Morgan fingerprint density at radius 1 is 1.28 bits per heavy atom. The third kappa shape index (κ3) is 1.89. The molecular formula is C15H14O2S. The molecule has 0 radical (unpaired) electrons. The fourth-order valence-corrected chi connectivity index (χ4v) is 3.33. The van der Waals surface area contributed by atoms with Gasteiger partial charge in [-0.2, -0.15) is 0 Å². The topological polar surface area (TPSA) is 26.3 Å². The molecule has 0 bridgehead atoms. The molecule has 0 unspecified atom stereocenters. The molecule has 18 heavy (non-hydrogen) atoms. The second-order valence-corrected chi connectivity index (χ2v) is 5.45. The quantitative estimate of drug-likeness (QED) is 0.718. The maximum Gasteiger partial charge on any atom is 0.190 e. The number of rotatable bonds is 1. The Hall–Kier alpha value is -1.48. The highest BCUT2D eigenvalue weighted by molar-refractivity contribution is 8.06. The molecule has 0 saturated carbocycles. The van der Waals surface area contributed by atoms with Crippen LogP contribution >= 0.6 is 11.8 Å². The van der Waals surface area contributed by atoms with Crippen LogP contribution in [0.2, 0.25) is 0 Å². The number of methoxy groups -OCH3 is 1. The minimum atomic E-state index is 0.182. The highest BCUT2D eigenvalue weighted by atomic mass is 32.2. The van der Waals surface area contributed by atoms with E-state index in [2.05, 4.69) is 11.5 Å². The van der Waals surface area contributed by atoms with Crippen molar-refractivity contribution in [1.82, 2.24) is 0 Å². The van der Waals surface area contributed by atoms with Gasteiger partial charge in [-0.15, -0.1) is 11.8 Å². The minimum absolute atomic E-state index is 0.182. The summed E-state index contributed by atoms with van der Waals surface area (Å²) in [5.74, 6) is 0.937.